The molecule has 0 aromatic carbocycles. The van der Waals surface area contributed by atoms with E-state index in [0.717, 1.165) is 6.42 Å². The lowest BCUT2D eigenvalue weighted by Gasteiger charge is -2.03. The van der Waals surface area contributed by atoms with Gasteiger partial charge in [0, 0.05) is 6.04 Å². The quantitative estimate of drug-likeness (QED) is 0.626. The summed E-state index contributed by atoms with van der Waals surface area (Å²) in [6.45, 7) is 8.29. The zero-order chi connectivity index (χ0) is 7.70. The van der Waals surface area contributed by atoms with Crippen LogP contribution in [0.25, 0.3) is 0 Å². The van der Waals surface area contributed by atoms with E-state index in [1.54, 1.807) is 0 Å². The molecule has 58 valence electrons. The second-order valence-corrected chi connectivity index (χ2v) is 1.96. The van der Waals surface area contributed by atoms with E-state index in [1.807, 2.05) is 13.8 Å². The first-order valence-electron chi connectivity index (χ1n) is 4.06. The van der Waals surface area contributed by atoms with Crippen LogP contribution in [0, 0.1) is 0 Å². The molecule has 0 saturated carbocycles. The summed E-state index contributed by atoms with van der Waals surface area (Å²) in [7, 11) is 0. The van der Waals surface area contributed by atoms with Gasteiger partial charge in [-0.1, -0.05) is 34.1 Å². The topological polar surface area (TPSA) is 26.0 Å². The van der Waals surface area contributed by atoms with E-state index in [2.05, 4.69) is 13.8 Å². The van der Waals surface area contributed by atoms with Gasteiger partial charge in [0.2, 0.25) is 0 Å². The molecule has 0 radical (unpaired) electrons. The van der Waals surface area contributed by atoms with Crippen molar-refractivity contribution in [2.45, 2.75) is 53.0 Å². The van der Waals surface area contributed by atoms with Gasteiger partial charge in [-0.05, 0) is 12.8 Å². The van der Waals surface area contributed by atoms with Gasteiger partial charge in [0.05, 0.1) is 0 Å². The molecule has 0 aliphatic heterocycles. The summed E-state index contributed by atoms with van der Waals surface area (Å²) < 4.78 is 0. The maximum Gasteiger partial charge on any atom is 0.00361 e. The van der Waals surface area contributed by atoms with Gasteiger partial charge in [-0.2, -0.15) is 0 Å². The second-order valence-electron chi connectivity index (χ2n) is 1.96. The number of nitrogens with two attached hydrogens (primary N) is 1. The molecule has 0 aliphatic carbocycles. The van der Waals surface area contributed by atoms with Crippen molar-refractivity contribution in [3.8, 4) is 0 Å². The standard InChI is InChI=1S/C6H15N.C2H6/c1-3-5-6(7)4-2;1-2/h6H,3-5,7H2,1-2H3;1-2H3/t6-;/m0./s1. The van der Waals surface area contributed by atoms with Crippen molar-refractivity contribution in [2.24, 2.45) is 5.73 Å². The second kappa shape index (κ2) is 10.9. The Bertz CT molecular complexity index is 35.5. The van der Waals surface area contributed by atoms with Crippen LogP contribution in [0.5, 0.6) is 0 Å². The lowest BCUT2D eigenvalue weighted by Crippen LogP contribution is -2.17. The summed E-state index contributed by atoms with van der Waals surface area (Å²) in [5, 5.41) is 0. The van der Waals surface area contributed by atoms with E-state index in [4.69, 9.17) is 5.73 Å². The molecule has 1 heteroatoms. The van der Waals surface area contributed by atoms with Crippen LogP contribution < -0.4 is 5.73 Å². The fourth-order valence-corrected chi connectivity index (χ4v) is 0.575. The Hall–Kier alpha value is -0.0400. The van der Waals surface area contributed by atoms with Crippen LogP contribution in [0.4, 0.5) is 0 Å². The van der Waals surface area contributed by atoms with Crippen molar-refractivity contribution in [3.05, 3.63) is 0 Å². The highest BCUT2D eigenvalue weighted by Crippen LogP contribution is 1.95. The minimum absolute atomic E-state index is 0.449. The summed E-state index contributed by atoms with van der Waals surface area (Å²) in [6, 6.07) is 0.449. The summed E-state index contributed by atoms with van der Waals surface area (Å²) in [5.41, 5.74) is 5.58. The predicted octanol–water partition coefficient (Wildman–Crippen LogP) is 2.55. The molecule has 0 heterocycles. The van der Waals surface area contributed by atoms with Gasteiger partial charge >= 0.3 is 0 Å². The molecule has 0 amide bonds. The Morgan fingerprint density at radius 1 is 1.22 bits per heavy atom. The Balaban J connectivity index is 0. The van der Waals surface area contributed by atoms with Crippen LogP contribution >= 0.6 is 0 Å². The van der Waals surface area contributed by atoms with Crippen LogP contribution in [0.3, 0.4) is 0 Å². The highest BCUT2D eigenvalue weighted by atomic mass is 14.6. The largest absolute Gasteiger partial charge is 0.328 e. The predicted molar refractivity (Wildman–Crippen MR) is 44.5 cm³/mol. The van der Waals surface area contributed by atoms with Crippen LogP contribution in [0.1, 0.15) is 47.0 Å². The molecule has 0 fully saturated rings. The molecule has 0 bridgehead atoms. The summed E-state index contributed by atoms with van der Waals surface area (Å²) in [6.07, 6.45) is 3.51. The third kappa shape index (κ3) is 11.5. The zero-order valence-corrected chi connectivity index (χ0v) is 7.28. The van der Waals surface area contributed by atoms with Crippen molar-refractivity contribution in [1.29, 1.82) is 0 Å². The Labute approximate surface area is 59.6 Å². The van der Waals surface area contributed by atoms with Gasteiger partial charge in [-0.15, -0.1) is 0 Å². The lowest BCUT2D eigenvalue weighted by atomic mass is 10.1. The van der Waals surface area contributed by atoms with E-state index in [9.17, 15) is 0 Å². The van der Waals surface area contributed by atoms with E-state index < -0.39 is 0 Å². The number of hydrogen-bond acceptors (Lipinski definition) is 1. The third-order valence-electron chi connectivity index (χ3n) is 1.18. The molecule has 0 rings (SSSR count). The minimum Gasteiger partial charge on any atom is -0.328 e. The molecule has 0 spiro atoms. The highest BCUT2D eigenvalue weighted by Gasteiger charge is 1.92. The fourth-order valence-electron chi connectivity index (χ4n) is 0.575. The number of rotatable bonds is 3. The first-order chi connectivity index (χ1) is 4.31. The third-order valence-corrected chi connectivity index (χ3v) is 1.18. The average molecular weight is 131 g/mol. The van der Waals surface area contributed by atoms with Crippen LogP contribution in [0.15, 0.2) is 0 Å². The molecule has 0 aliphatic rings. The van der Waals surface area contributed by atoms with Crippen LogP contribution in [-0.2, 0) is 0 Å². The Morgan fingerprint density at radius 2 is 1.67 bits per heavy atom. The molecule has 0 unspecified atom stereocenters. The lowest BCUT2D eigenvalue weighted by molar-refractivity contribution is 0.587. The molecule has 2 N–H and O–H groups in total. The first-order valence-corrected chi connectivity index (χ1v) is 4.06. The summed E-state index contributed by atoms with van der Waals surface area (Å²) in [5.74, 6) is 0. The van der Waals surface area contributed by atoms with E-state index in [1.165, 1.54) is 12.8 Å². The average Bonchev–Trinajstić information content (AvgIpc) is 1.93. The van der Waals surface area contributed by atoms with Gasteiger partial charge < -0.3 is 5.73 Å². The van der Waals surface area contributed by atoms with Crippen molar-refractivity contribution < 1.29 is 0 Å². The first kappa shape index (κ1) is 11.7. The molecule has 0 aromatic heterocycles. The van der Waals surface area contributed by atoms with Gasteiger partial charge in [-0.25, -0.2) is 0 Å². The van der Waals surface area contributed by atoms with Crippen LogP contribution in [-0.4, -0.2) is 6.04 Å². The molecular formula is C8H21N. The van der Waals surface area contributed by atoms with E-state index in [-0.39, 0.29) is 0 Å². The monoisotopic (exact) mass is 131 g/mol. The molecular weight excluding hydrogens is 110 g/mol. The van der Waals surface area contributed by atoms with Crippen molar-refractivity contribution in [2.75, 3.05) is 0 Å². The maximum atomic E-state index is 5.58. The SMILES string of the molecule is CC.CCC[C@@H](N)CC. The maximum absolute atomic E-state index is 5.58. The highest BCUT2D eigenvalue weighted by molar-refractivity contribution is 4.54. The summed E-state index contributed by atoms with van der Waals surface area (Å²) in [4.78, 5) is 0. The normalized spacial score (nSPS) is 11.7. The number of hydrogen-bond donors (Lipinski definition) is 1. The van der Waals surface area contributed by atoms with E-state index in [0.29, 0.717) is 6.04 Å². The molecule has 0 saturated heterocycles. The van der Waals surface area contributed by atoms with Crippen LogP contribution in [0.2, 0.25) is 0 Å². The minimum atomic E-state index is 0.449. The van der Waals surface area contributed by atoms with Gasteiger partial charge in [0.25, 0.3) is 0 Å². The van der Waals surface area contributed by atoms with Gasteiger partial charge in [-0.3, -0.25) is 0 Å². The zero-order valence-electron chi connectivity index (χ0n) is 7.28. The Morgan fingerprint density at radius 3 is 1.78 bits per heavy atom. The summed E-state index contributed by atoms with van der Waals surface area (Å²) >= 11 is 0. The molecule has 0 aromatic rings. The van der Waals surface area contributed by atoms with Gasteiger partial charge in [0.15, 0.2) is 0 Å². The molecule has 9 heavy (non-hydrogen) atoms. The van der Waals surface area contributed by atoms with E-state index >= 15 is 0 Å². The van der Waals surface area contributed by atoms with Gasteiger partial charge in [0.1, 0.15) is 0 Å². The fraction of sp³-hybridized carbons (Fsp3) is 1.00. The smallest absolute Gasteiger partial charge is 0.00361 e. The van der Waals surface area contributed by atoms with Crippen molar-refractivity contribution >= 4 is 0 Å². The Kier molecular flexibility index (Phi) is 14.1. The molecule has 1 atom stereocenters. The van der Waals surface area contributed by atoms with Crippen molar-refractivity contribution in [1.82, 2.24) is 0 Å². The van der Waals surface area contributed by atoms with Crippen molar-refractivity contribution in [3.63, 3.8) is 0 Å². The molecule has 1 nitrogen and oxygen atoms in total.